The van der Waals surface area contributed by atoms with Crippen LogP contribution in [-0.2, 0) is 19.4 Å². The SMILES string of the molecule is N/C=C\C(=C/N)CNC1CCc2c(sc3ncn(Cc4ccc5ccccc5c4)c(=O)c23)C1. The van der Waals surface area contributed by atoms with Crippen molar-refractivity contribution in [2.24, 2.45) is 11.5 Å². The summed E-state index contributed by atoms with van der Waals surface area (Å²) in [5.74, 6) is 0. The Labute approximate surface area is 196 Å². The van der Waals surface area contributed by atoms with Gasteiger partial charge in [-0.3, -0.25) is 9.36 Å². The molecule has 6 nitrogen and oxygen atoms in total. The third-order valence-corrected chi connectivity index (χ3v) is 7.48. The van der Waals surface area contributed by atoms with E-state index in [0.717, 1.165) is 40.6 Å². The Morgan fingerprint density at radius 2 is 2.06 bits per heavy atom. The van der Waals surface area contributed by atoms with Crippen LogP contribution in [0.3, 0.4) is 0 Å². The zero-order chi connectivity index (χ0) is 22.8. The van der Waals surface area contributed by atoms with Gasteiger partial charge in [0.1, 0.15) is 4.83 Å². The summed E-state index contributed by atoms with van der Waals surface area (Å²) in [6.07, 6.45) is 9.31. The van der Waals surface area contributed by atoms with Gasteiger partial charge in [0.05, 0.1) is 18.3 Å². The lowest BCUT2D eigenvalue weighted by Crippen LogP contribution is -2.35. The molecule has 2 aromatic carbocycles. The van der Waals surface area contributed by atoms with Crippen molar-refractivity contribution in [3.05, 3.63) is 99.2 Å². The van der Waals surface area contributed by atoms with Crippen molar-refractivity contribution in [3.8, 4) is 0 Å². The molecule has 0 spiro atoms. The van der Waals surface area contributed by atoms with Crippen LogP contribution < -0.4 is 22.3 Å². The second kappa shape index (κ2) is 9.21. The zero-order valence-electron chi connectivity index (χ0n) is 18.3. The Hall–Kier alpha value is -3.42. The van der Waals surface area contributed by atoms with Crippen molar-refractivity contribution >= 4 is 32.3 Å². The number of nitrogens with zero attached hydrogens (tertiary/aromatic N) is 2. The van der Waals surface area contributed by atoms with Crippen LogP contribution in [-0.4, -0.2) is 22.1 Å². The van der Waals surface area contributed by atoms with E-state index in [4.69, 9.17) is 11.5 Å². The lowest BCUT2D eigenvalue weighted by atomic mass is 9.93. The van der Waals surface area contributed by atoms with E-state index in [1.165, 1.54) is 27.4 Å². The average Bonchev–Trinajstić information content (AvgIpc) is 3.22. The van der Waals surface area contributed by atoms with Gasteiger partial charge in [-0.2, -0.15) is 0 Å². The Morgan fingerprint density at radius 1 is 1.21 bits per heavy atom. The minimum Gasteiger partial charge on any atom is -0.405 e. The Balaban J connectivity index is 1.39. The van der Waals surface area contributed by atoms with Gasteiger partial charge in [-0.25, -0.2) is 4.98 Å². The second-order valence-corrected chi connectivity index (χ2v) is 9.55. The van der Waals surface area contributed by atoms with Crippen LogP contribution >= 0.6 is 11.3 Å². The first-order valence-electron chi connectivity index (χ1n) is 11.2. The predicted octanol–water partition coefficient (Wildman–Crippen LogP) is 3.42. The van der Waals surface area contributed by atoms with Crippen LogP contribution in [0, 0.1) is 0 Å². The highest BCUT2D eigenvalue weighted by Gasteiger charge is 2.25. The molecule has 1 aliphatic rings. The number of hydrogen-bond acceptors (Lipinski definition) is 6. The van der Waals surface area contributed by atoms with Gasteiger partial charge < -0.3 is 16.8 Å². The summed E-state index contributed by atoms with van der Waals surface area (Å²) in [6.45, 7) is 1.19. The van der Waals surface area contributed by atoms with Crippen molar-refractivity contribution in [2.45, 2.75) is 31.8 Å². The van der Waals surface area contributed by atoms with Crippen LogP contribution in [0.1, 0.15) is 22.4 Å². The minimum absolute atomic E-state index is 0.0542. The van der Waals surface area contributed by atoms with E-state index in [1.54, 1.807) is 28.4 Å². The minimum atomic E-state index is 0.0542. The van der Waals surface area contributed by atoms with Crippen LogP contribution in [0.25, 0.3) is 21.0 Å². The van der Waals surface area contributed by atoms with Gasteiger partial charge in [0.25, 0.3) is 5.56 Å². The molecular weight excluding hydrogens is 430 g/mol. The summed E-state index contributed by atoms with van der Waals surface area (Å²) in [7, 11) is 0. The number of benzene rings is 2. The van der Waals surface area contributed by atoms with E-state index in [0.29, 0.717) is 19.1 Å². The highest BCUT2D eigenvalue weighted by atomic mass is 32.1. The molecule has 33 heavy (non-hydrogen) atoms. The quantitative estimate of drug-likeness (QED) is 0.385. The zero-order valence-corrected chi connectivity index (χ0v) is 19.1. The molecule has 0 fully saturated rings. The fourth-order valence-corrected chi connectivity index (χ4v) is 5.84. The normalized spacial score (nSPS) is 16.6. The smallest absolute Gasteiger partial charge is 0.262 e. The first-order chi connectivity index (χ1) is 16.2. The topological polar surface area (TPSA) is 99.0 Å². The Bertz CT molecular complexity index is 1430. The van der Waals surface area contributed by atoms with Crippen molar-refractivity contribution in [3.63, 3.8) is 0 Å². The van der Waals surface area contributed by atoms with Crippen molar-refractivity contribution in [2.75, 3.05) is 6.54 Å². The molecule has 0 aliphatic heterocycles. The summed E-state index contributed by atoms with van der Waals surface area (Å²) in [6, 6.07) is 14.9. The summed E-state index contributed by atoms with van der Waals surface area (Å²) >= 11 is 1.65. The molecule has 0 radical (unpaired) electrons. The lowest BCUT2D eigenvalue weighted by Gasteiger charge is -2.23. The second-order valence-electron chi connectivity index (χ2n) is 8.46. The summed E-state index contributed by atoms with van der Waals surface area (Å²) in [5.41, 5.74) is 14.4. The van der Waals surface area contributed by atoms with Crippen molar-refractivity contribution in [1.82, 2.24) is 14.9 Å². The molecule has 7 heteroatoms. The van der Waals surface area contributed by atoms with Crippen molar-refractivity contribution < 1.29 is 0 Å². The number of fused-ring (bicyclic) bond motifs is 4. The number of rotatable bonds is 6. The molecule has 168 valence electrons. The van der Waals surface area contributed by atoms with Crippen LogP contribution in [0.15, 0.2) is 77.6 Å². The van der Waals surface area contributed by atoms with E-state index >= 15 is 0 Å². The third kappa shape index (κ3) is 4.29. The summed E-state index contributed by atoms with van der Waals surface area (Å²) in [4.78, 5) is 20.2. The fraction of sp³-hybridized carbons (Fsp3) is 0.231. The largest absolute Gasteiger partial charge is 0.405 e. The van der Waals surface area contributed by atoms with Crippen LogP contribution in [0.4, 0.5) is 0 Å². The highest BCUT2D eigenvalue weighted by molar-refractivity contribution is 7.18. The van der Waals surface area contributed by atoms with Gasteiger partial charge in [-0.1, -0.05) is 36.4 Å². The van der Waals surface area contributed by atoms with Crippen molar-refractivity contribution in [1.29, 1.82) is 0 Å². The molecular formula is C26H27N5OS. The molecule has 1 atom stereocenters. The predicted molar refractivity (Wildman–Crippen MR) is 136 cm³/mol. The molecule has 0 saturated carbocycles. The van der Waals surface area contributed by atoms with Gasteiger partial charge in [0.15, 0.2) is 0 Å². The van der Waals surface area contributed by atoms with E-state index in [9.17, 15) is 4.79 Å². The molecule has 2 aromatic heterocycles. The fourth-order valence-electron chi connectivity index (χ4n) is 4.58. The summed E-state index contributed by atoms with van der Waals surface area (Å²) in [5, 5.41) is 6.74. The lowest BCUT2D eigenvalue weighted by molar-refractivity contribution is 0.482. The highest BCUT2D eigenvalue weighted by Crippen LogP contribution is 2.33. The molecule has 0 saturated heterocycles. The molecule has 0 bridgehead atoms. The van der Waals surface area contributed by atoms with Gasteiger partial charge in [-0.15, -0.1) is 11.3 Å². The maximum absolute atomic E-state index is 13.4. The molecule has 5 rings (SSSR count). The van der Waals surface area contributed by atoms with E-state index < -0.39 is 0 Å². The molecule has 5 N–H and O–H groups in total. The first-order valence-corrected chi connectivity index (χ1v) is 12.0. The number of hydrogen-bond donors (Lipinski definition) is 3. The van der Waals surface area contributed by atoms with E-state index in [-0.39, 0.29) is 5.56 Å². The maximum atomic E-state index is 13.4. The number of nitrogens with two attached hydrogens (primary N) is 2. The monoisotopic (exact) mass is 457 g/mol. The summed E-state index contributed by atoms with van der Waals surface area (Å²) < 4.78 is 1.74. The number of thiophene rings is 1. The number of aryl methyl sites for hydroxylation is 1. The average molecular weight is 458 g/mol. The van der Waals surface area contributed by atoms with Gasteiger partial charge in [0, 0.05) is 17.5 Å². The van der Waals surface area contributed by atoms with E-state index in [1.807, 2.05) is 18.2 Å². The molecule has 1 aliphatic carbocycles. The third-order valence-electron chi connectivity index (χ3n) is 6.32. The number of nitrogens with one attached hydrogen (secondary N) is 1. The first kappa shape index (κ1) is 21.4. The van der Waals surface area contributed by atoms with Crippen LogP contribution in [0.5, 0.6) is 0 Å². The van der Waals surface area contributed by atoms with Gasteiger partial charge in [0.2, 0.25) is 0 Å². The van der Waals surface area contributed by atoms with Gasteiger partial charge >= 0.3 is 0 Å². The molecule has 4 aromatic rings. The number of aromatic nitrogens is 2. The molecule has 2 heterocycles. The standard InChI is InChI=1S/C26H27N5OS/c27-10-9-18(13-28)14-29-21-7-8-22-23(12-21)33-25-24(22)26(32)31(16-30-25)15-17-5-6-19-3-1-2-4-20(19)11-17/h1-6,9-11,13,16,21,29H,7-8,12,14-15,27-28H2/b10-9-,18-13+. The maximum Gasteiger partial charge on any atom is 0.262 e. The van der Waals surface area contributed by atoms with Crippen LogP contribution in [0.2, 0.25) is 0 Å². The Kier molecular flexibility index (Phi) is 5.98. The Morgan fingerprint density at radius 3 is 2.88 bits per heavy atom. The molecule has 1 unspecified atom stereocenters. The molecule has 0 amide bonds. The van der Waals surface area contributed by atoms with E-state index in [2.05, 4.69) is 40.6 Å². The van der Waals surface area contributed by atoms with Gasteiger partial charge in [-0.05, 0) is 71.3 Å².